The molecule has 0 radical (unpaired) electrons. The third-order valence-corrected chi connectivity index (χ3v) is 4.04. The number of carbonyl (C=O) groups is 1. The van der Waals surface area contributed by atoms with Gasteiger partial charge in [-0.2, -0.15) is 10.1 Å². The lowest BCUT2D eigenvalue weighted by atomic mass is 10.2. The first-order chi connectivity index (χ1) is 14.1. The van der Waals surface area contributed by atoms with Crippen LogP contribution in [-0.2, 0) is 0 Å². The molecule has 8 heteroatoms. The highest BCUT2D eigenvalue weighted by atomic mass is 16.5. The molecule has 0 bridgehead atoms. The topological polar surface area (TPSA) is 93.8 Å². The van der Waals surface area contributed by atoms with Crippen molar-refractivity contribution in [2.45, 2.75) is 13.8 Å². The predicted molar refractivity (Wildman–Crippen MR) is 108 cm³/mol. The maximum absolute atomic E-state index is 12.3. The zero-order valence-corrected chi connectivity index (χ0v) is 15.9. The Morgan fingerprint density at radius 3 is 2.66 bits per heavy atom. The van der Waals surface area contributed by atoms with Crippen molar-refractivity contribution in [3.63, 3.8) is 0 Å². The maximum Gasteiger partial charge on any atom is 0.311 e. The molecule has 4 aromatic rings. The standard InChI is InChI=1S/C21H18N6O2/c1-14-11-15(2)27-21(23-14)24-19(26-27)20(28)25-22-13-16-7-6-10-18(12-16)29-17-8-4-3-5-9-17/h3-13H,1-2H3,(H,25,28). The Morgan fingerprint density at radius 1 is 1.03 bits per heavy atom. The normalized spacial score (nSPS) is 11.1. The molecule has 2 aromatic heterocycles. The Labute approximate surface area is 166 Å². The molecular formula is C21H18N6O2. The molecule has 0 fully saturated rings. The lowest BCUT2D eigenvalue weighted by Gasteiger charge is -2.05. The molecular weight excluding hydrogens is 368 g/mol. The van der Waals surface area contributed by atoms with Crippen LogP contribution in [-0.4, -0.2) is 31.7 Å². The molecule has 0 atom stereocenters. The summed E-state index contributed by atoms with van der Waals surface area (Å²) < 4.78 is 7.32. The second-order valence-corrected chi connectivity index (χ2v) is 6.37. The number of nitrogens with zero attached hydrogens (tertiary/aromatic N) is 5. The summed E-state index contributed by atoms with van der Waals surface area (Å²) in [7, 11) is 0. The van der Waals surface area contributed by atoms with Crippen LogP contribution in [0.3, 0.4) is 0 Å². The second kappa shape index (κ2) is 7.89. The Morgan fingerprint density at radius 2 is 1.83 bits per heavy atom. The number of hydrogen-bond acceptors (Lipinski definition) is 6. The number of rotatable bonds is 5. The van der Waals surface area contributed by atoms with E-state index in [9.17, 15) is 4.79 Å². The van der Waals surface area contributed by atoms with E-state index in [0.29, 0.717) is 11.5 Å². The summed E-state index contributed by atoms with van der Waals surface area (Å²) >= 11 is 0. The number of ether oxygens (including phenoxy) is 1. The molecule has 0 aliphatic heterocycles. The Hall–Kier alpha value is -4.07. The Kier molecular flexibility index (Phi) is 4.98. The number of hydrogen-bond donors (Lipinski definition) is 1. The van der Waals surface area contributed by atoms with Crippen LogP contribution < -0.4 is 10.2 Å². The number of aromatic nitrogens is 4. The van der Waals surface area contributed by atoms with Crippen LogP contribution in [0.4, 0.5) is 0 Å². The molecule has 0 saturated heterocycles. The van der Waals surface area contributed by atoms with Gasteiger partial charge < -0.3 is 4.74 Å². The summed E-state index contributed by atoms with van der Waals surface area (Å²) in [5.74, 6) is 1.28. The fourth-order valence-corrected chi connectivity index (χ4v) is 2.76. The van der Waals surface area contributed by atoms with E-state index < -0.39 is 5.91 Å². The highest BCUT2D eigenvalue weighted by molar-refractivity contribution is 5.91. The summed E-state index contributed by atoms with van der Waals surface area (Å²) in [6.07, 6.45) is 1.53. The predicted octanol–water partition coefficient (Wildman–Crippen LogP) is 3.30. The average Bonchev–Trinajstić information content (AvgIpc) is 3.14. The van der Waals surface area contributed by atoms with Gasteiger partial charge in [-0.05, 0) is 49.7 Å². The average molecular weight is 386 g/mol. The van der Waals surface area contributed by atoms with E-state index in [1.54, 1.807) is 0 Å². The van der Waals surface area contributed by atoms with Crippen molar-refractivity contribution in [1.29, 1.82) is 0 Å². The third kappa shape index (κ3) is 4.27. The van der Waals surface area contributed by atoms with Crippen molar-refractivity contribution in [2.75, 3.05) is 0 Å². The van der Waals surface area contributed by atoms with E-state index in [4.69, 9.17) is 4.74 Å². The van der Waals surface area contributed by atoms with Gasteiger partial charge in [-0.25, -0.2) is 14.9 Å². The van der Waals surface area contributed by atoms with E-state index in [-0.39, 0.29) is 5.82 Å². The monoisotopic (exact) mass is 386 g/mol. The van der Waals surface area contributed by atoms with Gasteiger partial charge in [0, 0.05) is 11.4 Å². The molecule has 0 unspecified atom stereocenters. The number of benzene rings is 2. The zero-order chi connectivity index (χ0) is 20.2. The van der Waals surface area contributed by atoms with Gasteiger partial charge in [-0.15, -0.1) is 5.10 Å². The van der Waals surface area contributed by atoms with Crippen LogP contribution >= 0.6 is 0 Å². The summed E-state index contributed by atoms with van der Waals surface area (Å²) in [6.45, 7) is 3.74. The molecule has 1 amide bonds. The molecule has 0 aliphatic rings. The third-order valence-electron chi connectivity index (χ3n) is 4.04. The molecule has 8 nitrogen and oxygen atoms in total. The van der Waals surface area contributed by atoms with Crippen LogP contribution in [0.2, 0.25) is 0 Å². The molecule has 144 valence electrons. The lowest BCUT2D eigenvalue weighted by molar-refractivity contribution is 0.0945. The Bertz CT molecular complexity index is 1200. The SMILES string of the molecule is Cc1cc(C)n2nc(C(=O)NN=Cc3cccc(Oc4ccccc4)c3)nc2n1. The van der Waals surface area contributed by atoms with E-state index in [0.717, 1.165) is 22.7 Å². The fourth-order valence-electron chi connectivity index (χ4n) is 2.76. The van der Waals surface area contributed by atoms with Crippen molar-refractivity contribution in [1.82, 2.24) is 25.0 Å². The van der Waals surface area contributed by atoms with Gasteiger partial charge in [0.05, 0.1) is 6.21 Å². The van der Waals surface area contributed by atoms with Crippen LogP contribution in [0.15, 0.2) is 65.8 Å². The van der Waals surface area contributed by atoms with Gasteiger partial charge in [-0.3, -0.25) is 4.79 Å². The molecule has 2 heterocycles. The van der Waals surface area contributed by atoms with Crippen molar-refractivity contribution >= 4 is 17.9 Å². The molecule has 1 N–H and O–H groups in total. The number of hydrazone groups is 1. The van der Waals surface area contributed by atoms with E-state index in [1.165, 1.54) is 10.7 Å². The molecule has 0 saturated carbocycles. The summed E-state index contributed by atoms with van der Waals surface area (Å²) in [5.41, 5.74) is 4.86. The minimum Gasteiger partial charge on any atom is -0.457 e. The van der Waals surface area contributed by atoms with Crippen LogP contribution in [0.5, 0.6) is 11.5 Å². The van der Waals surface area contributed by atoms with E-state index in [1.807, 2.05) is 74.5 Å². The highest BCUT2D eigenvalue weighted by Crippen LogP contribution is 2.21. The molecule has 0 spiro atoms. The van der Waals surface area contributed by atoms with Crippen molar-refractivity contribution < 1.29 is 9.53 Å². The summed E-state index contributed by atoms with van der Waals surface area (Å²) in [4.78, 5) is 20.7. The van der Waals surface area contributed by atoms with Gasteiger partial charge in [0.25, 0.3) is 5.78 Å². The molecule has 2 aromatic carbocycles. The largest absolute Gasteiger partial charge is 0.457 e. The first-order valence-electron chi connectivity index (χ1n) is 8.96. The first-order valence-corrected chi connectivity index (χ1v) is 8.96. The minimum absolute atomic E-state index is 0.00418. The van der Waals surface area contributed by atoms with Gasteiger partial charge in [0.2, 0.25) is 5.82 Å². The number of aryl methyl sites for hydroxylation is 2. The van der Waals surface area contributed by atoms with Crippen molar-refractivity contribution in [3.05, 3.63) is 83.4 Å². The second-order valence-electron chi connectivity index (χ2n) is 6.37. The van der Waals surface area contributed by atoms with Crippen LogP contribution in [0, 0.1) is 13.8 Å². The van der Waals surface area contributed by atoms with Crippen molar-refractivity contribution in [2.24, 2.45) is 5.10 Å². The first kappa shape index (κ1) is 18.3. The van der Waals surface area contributed by atoms with E-state index in [2.05, 4.69) is 25.6 Å². The molecule has 4 rings (SSSR count). The van der Waals surface area contributed by atoms with Crippen LogP contribution in [0.1, 0.15) is 27.6 Å². The Balaban J connectivity index is 1.44. The fraction of sp³-hybridized carbons (Fsp3) is 0.0952. The minimum atomic E-state index is -0.513. The number of fused-ring (bicyclic) bond motifs is 1. The molecule has 0 aliphatic carbocycles. The van der Waals surface area contributed by atoms with Crippen molar-refractivity contribution in [3.8, 4) is 11.5 Å². The zero-order valence-electron chi connectivity index (χ0n) is 15.9. The van der Waals surface area contributed by atoms with Gasteiger partial charge >= 0.3 is 5.91 Å². The van der Waals surface area contributed by atoms with E-state index >= 15 is 0 Å². The highest BCUT2D eigenvalue weighted by Gasteiger charge is 2.14. The summed E-state index contributed by atoms with van der Waals surface area (Å²) in [5, 5.41) is 8.16. The summed E-state index contributed by atoms with van der Waals surface area (Å²) in [6, 6.07) is 18.7. The number of amides is 1. The lowest BCUT2D eigenvalue weighted by Crippen LogP contribution is -2.19. The van der Waals surface area contributed by atoms with Gasteiger partial charge in [-0.1, -0.05) is 30.3 Å². The maximum atomic E-state index is 12.3. The molecule has 29 heavy (non-hydrogen) atoms. The van der Waals surface area contributed by atoms with Gasteiger partial charge in [0.15, 0.2) is 0 Å². The number of para-hydroxylation sites is 1. The number of carbonyl (C=O) groups excluding carboxylic acids is 1. The smallest absolute Gasteiger partial charge is 0.311 e. The van der Waals surface area contributed by atoms with Crippen LogP contribution in [0.25, 0.3) is 5.78 Å². The van der Waals surface area contributed by atoms with Gasteiger partial charge in [0.1, 0.15) is 11.5 Å². The number of nitrogens with one attached hydrogen (secondary N) is 1. The quantitative estimate of drug-likeness (QED) is 0.420.